The summed E-state index contributed by atoms with van der Waals surface area (Å²) in [7, 11) is 0. The minimum atomic E-state index is -0.888. The molecule has 0 radical (unpaired) electrons. The Balaban J connectivity index is 2.87. The Hall–Kier alpha value is -0.550. The van der Waals surface area contributed by atoms with Crippen molar-refractivity contribution in [2.75, 3.05) is 5.75 Å². The lowest BCUT2D eigenvalue weighted by Crippen LogP contribution is -2.39. The number of thioether (sulfide) groups is 1. The molecule has 2 N–H and O–H groups in total. The van der Waals surface area contributed by atoms with Crippen molar-refractivity contribution >= 4 is 23.4 Å². The molecule has 0 bridgehead atoms. The van der Waals surface area contributed by atoms with Gasteiger partial charge in [-0.1, -0.05) is 0 Å². The normalized spacial score (nSPS) is 26.9. The Morgan fingerprint density at radius 2 is 2.33 bits per heavy atom. The second kappa shape index (κ2) is 4.53. The third kappa shape index (κ3) is 3.21. The van der Waals surface area contributed by atoms with Crippen molar-refractivity contribution in [2.24, 2.45) is 4.99 Å². The van der Waals surface area contributed by atoms with E-state index in [1.54, 1.807) is 18.7 Å². The maximum Gasteiger partial charge on any atom is 0.329 e. The number of aliphatic hydroxyl groups excluding tert-OH is 1. The first-order valence-electron chi connectivity index (χ1n) is 4.95. The van der Waals surface area contributed by atoms with Crippen LogP contribution in [-0.4, -0.2) is 44.5 Å². The second-order valence-corrected chi connectivity index (χ2v) is 5.95. The zero-order chi connectivity index (χ0) is 11.6. The molecule has 0 aromatic heterocycles. The van der Waals surface area contributed by atoms with Crippen molar-refractivity contribution in [3.8, 4) is 0 Å². The molecule has 15 heavy (non-hydrogen) atoms. The SMILES string of the molecule is CC(O)CC1=N[C@H](C(=O)O)CSC1(C)C. The highest BCUT2D eigenvalue weighted by Gasteiger charge is 2.34. The highest BCUT2D eigenvalue weighted by atomic mass is 32.2. The molecule has 0 aromatic carbocycles. The van der Waals surface area contributed by atoms with Gasteiger partial charge in [-0.05, 0) is 20.8 Å². The molecule has 1 unspecified atom stereocenters. The third-order valence-corrected chi connectivity index (χ3v) is 3.82. The Morgan fingerprint density at radius 1 is 1.73 bits per heavy atom. The van der Waals surface area contributed by atoms with Gasteiger partial charge >= 0.3 is 5.97 Å². The molecule has 1 heterocycles. The number of aliphatic imine (C=N–C) groups is 1. The average molecular weight is 231 g/mol. The molecule has 86 valence electrons. The predicted octanol–water partition coefficient (Wildman–Crippen LogP) is 1.18. The molecule has 1 aliphatic rings. The fourth-order valence-electron chi connectivity index (χ4n) is 1.46. The molecular weight excluding hydrogens is 214 g/mol. The Kier molecular flexibility index (Phi) is 3.78. The van der Waals surface area contributed by atoms with Crippen LogP contribution in [0.1, 0.15) is 27.2 Å². The first-order chi connectivity index (χ1) is 6.83. The predicted molar refractivity (Wildman–Crippen MR) is 61.7 cm³/mol. The molecular formula is C10H17NO3S. The van der Waals surface area contributed by atoms with E-state index in [0.29, 0.717) is 12.2 Å². The quantitative estimate of drug-likeness (QED) is 0.765. The fraction of sp³-hybridized carbons (Fsp3) is 0.800. The maximum atomic E-state index is 10.8. The summed E-state index contributed by atoms with van der Waals surface area (Å²) in [5, 5.41) is 18.2. The zero-order valence-electron chi connectivity index (χ0n) is 9.23. The van der Waals surface area contributed by atoms with E-state index in [4.69, 9.17) is 5.11 Å². The summed E-state index contributed by atoms with van der Waals surface area (Å²) in [6.45, 7) is 5.71. The summed E-state index contributed by atoms with van der Waals surface area (Å²) in [6.07, 6.45) is -0.0276. The molecule has 5 heteroatoms. The van der Waals surface area contributed by atoms with Gasteiger partial charge in [-0.15, -0.1) is 11.8 Å². The highest BCUT2D eigenvalue weighted by Crippen LogP contribution is 2.33. The molecule has 0 saturated heterocycles. The van der Waals surface area contributed by atoms with Crippen molar-refractivity contribution < 1.29 is 15.0 Å². The summed E-state index contributed by atoms with van der Waals surface area (Å²) in [5.74, 6) is -0.382. The smallest absolute Gasteiger partial charge is 0.329 e. The number of hydrogen-bond acceptors (Lipinski definition) is 4. The van der Waals surface area contributed by atoms with E-state index in [2.05, 4.69) is 4.99 Å². The first kappa shape index (κ1) is 12.5. The Labute approximate surface area is 93.8 Å². The van der Waals surface area contributed by atoms with Gasteiger partial charge in [-0.3, -0.25) is 4.99 Å². The van der Waals surface area contributed by atoms with Crippen LogP contribution in [0.5, 0.6) is 0 Å². The molecule has 1 rings (SSSR count). The van der Waals surface area contributed by atoms with Crippen LogP contribution >= 0.6 is 11.8 Å². The van der Waals surface area contributed by atoms with Gasteiger partial charge in [0.2, 0.25) is 0 Å². The lowest BCUT2D eigenvalue weighted by molar-refractivity contribution is -0.137. The summed E-state index contributed by atoms with van der Waals surface area (Å²) in [4.78, 5) is 15.0. The summed E-state index contributed by atoms with van der Waals surface area (Å²) >= 11 is 1.58. The van der Waals surface area contributed by atoms with Gasteiger partial charge in [-0.2, -0.15) is 0 Å². The van der Waals surface area contributed by atoms with Gasteiger partial charge in [0.25, 0.3) is 0 Å². The maximum absolute atomic E-state index is 10.8. The van der Waals surface area contributed by atoms with E-state index in [0.717, 1.165) is 5.71 Å². The molecule has 0 spiro atoms. The van der Waals surface area contributed by atoms with E-state index < -0.39 is 18.1 Å². The fourth-order valence-corrected chi connectivity index (χ4v) is 2.55. The van der Waals surface area contributed by atoms with Crippen molar-refractivity contribution in [2.45, 2.75) is 44.1 Å². The minimum Gasteiger partial charge on any atom is -0.480 e. The molecule has 0 aliphatic carbocycles. The molecule has 0 aromatic rings. The number of aliphatic carboxylic acids is 1. The van der Waals surface area contributed by atoms with Crippen LogP contribution in [0.25, 0.3) is 0 Å². The second-order valence-electron chi connectivity index (χ2n) is 4.30. The monoisotopic (exact) mass is 231 g/mol. The molecule has 0 saturated carbocycles. The van der Waals surface area contributed by atoms with E-state index in [1.807, 2.05) is 13.8 Å². The topological polar surface area (TPSA) is 69.9 Å². The van der Waals surface area contributed by atoms with Gasteiger partial charge in [0.05, 0.1) is 6.10 Å². The standard InChI is InChI=1S/C10H17NO3S/c1-6(12)4-8-10(2,3)15-5-7(11-8)9(13)14/h6-7,12H,4-5H2,1-3H3,(H,13,14)/t6?,7-/m0/s1. The van der Waals surface area contributed by atoms with Gasteiger partial charge in [-0.25, -0.2) is 4.79 Å². The van der Waals surface area contributed by atoms with Crippen LogP contribution in [0.3, 0.4) is 0 Å². The van der Waals surface area contributed by atoms with E-state index in [-0.39, 0.29) is 4.75 Å². The molecule has 2 atom stereocenters. The summed E-state index contributed by atoms with van der Waals surface area (Å²) < 4.78 is -0.164. The van der Waals surface area contributed by atoms with Crippen molar-refractivity contribution in [3.05, 3.63) is 0 Å². The third-order valence-electron chi connectivity index (χ3n) is 2.38. The first-order valence-corrected chi connectivity index (χ1v) is 5.93. The van der Waals surface area contributed by atoms with Gasteiger partial charge in [0, 0.05) is 22.6 Å². The minimum absolute atomic E-state index is 0.164. The van der Waals surface area contributed by atoms with Crippen LogP contribution in [0.2, 0.25) is 0 Å². The van der Waals surface area contributed by atoms with Crippen LogP contribution in [-0.2, 0) is 4.79 Å². The van der Waals surface area contributed by atoms with E-state index in [1.165, 1.54) is 0 Å². The lowest BCUT2D eigenvalue weighted by Gasteiger charge is -2.32. The summed E-state index contributed by atoms with van der Waals surface area (Å²) in [5.41, 5.74) is 0.793. The zero-order valence-corrected chi connectivity index (χ0v) is 10.0. The Morgan fingerprint density at radius 3 is 2.80 bits per heavy atom. The van der Waals surface area contributed by atoms with E-state index >= 15 is 0 Å². The largest absolute Gasteiger partial charge is 0.480 e. The number of aliphatic hydroxyl groups is 1. The van der Waals surface area contributed by atoms with Crippen LogP contribution < -0.4 is 0 Å². The van der Waals surface area contributed by atoms with Crippen molar-refractivity contribution in [1.29, 1.82) is 0 Å². The van der Waals surface area contributed by atoms with Crippen molar-refractivity contribution in [3.63, 3.8) is 0 Å². The van der Waals surface area contributed by atoms with Gasteiger partial charge in [0.1, 0.15) is 0 Å². The molecule has 0 fully saturated rings. The number of nitrogens with zero attached hydrogens (tertiary/aromatic N) is 1. The molecule has 0 amide bonds. The lowest BCUT2D eigenvalue weighted by atomic mass is 10.0. The highest BCUT2D eigenvalue weighted by molar-refractivity contribution is 8.01. The van der Waals surface area contributed by atoms with Crippen LogP contribution in [0.4, 0.5) is 0 Å². The molecule has 4 nitrogen and oxygen atoms in total. The Bertz CT molecular complexity index is 286. The number of carboxylic acids is 1. The van der Waals surface area contributed by atoms with Crippen molar-refractivity contribution in [1.82, 2.24) is 0 Å². The summed E-state index contributed by atoms with van der Waals surface area (Å²) in [6, 6.07) is -0.656. The number of rotatable bonds is 3. The number of carboxylic acid groups (broad SMARTS) is 1. The average Bonchev–Trinajstić information content (AvgIpc) is 2.07. The number of carbonyl (C=O) groups is 1. The van der Waals surface area contributed by atoms with Crippen LogP contribution in [0.15, 0.2) is 4.99 Å². The van der Waals surface area contributed by atoms with Gasteiger partial charge in [0.15, 0.2) is 6.04 Å². The van der Waals surface area contributed by atoms with Crippen LogP contribution in [0, 0.1) is 0 Å². The molecule has 1 aliphatic heterocycles. The van der Waals surface area contributed by atoms with Gasteiger partial charge < -0.3 is 10.2 Å². The van der Waals surface area contributed by atoms with E-state index in [9.17, 15) is 9.90 Å². The number of hydrogen-bond donors (Lipinski definition) is 2.